The molecule has 4 N–H and O–H groups in total. The fourth-order valence-electron chi connectivity index (χ4n) is 5.76. The first-order valence-electron chi connectivity index (χ1n) is 17.2. The maximum atomic E-state index is 14.0. The number of amidine groups is 1. The molecule has 1 aliphatic carbocycles. The third-order valence-electron chi connectivity index (χ3n) is 8.28. The lowest BCUT2D eigenvalue weighted by Crippen LogP contribution is -2.33. The Kier molecular flexibility index (Phi) is 15.6. The van der Waals surface area contributed by atoms with Gasteiger partial charge in [-0.2, -0.15) is 10.1 Å². The molecular weight excluding hydrogens is 620 g/mol. The summed E-state index contributed by atoms with van der Waals surface area (Å²) in [5.41, 5.74) is 8.41. The van der Waals surface area contributed by atoms with E-state index in [4.69, 9.17) is 15.1 Å². The van der Waals surface area contributed by atoms with Crippen LogP contribution in [-0.2, 0) is 17.7 Å². The summed E-state index contributed by atoms with van der Waals surface area (Å²) in [6.45, 7) is 9.47. The number of hydrogen-bond donors (Lipinski definition) is 4. The van der Waals surface area contributed by atoms with Gasteiger partial charge in [0.1, 0.15) is 6.33 Å². The van der Waals surface area contributed by atoms with Crippen LogP contribution in [0.4, 0.5) is 0 Å². The molecule has 0 radical (unpaired) electrons. The predicted octanol–water partition coefficient (Wildman–Crippen LogP) is 5.58. The summed E-state index contributed by atoms with van der Waals surface area (Å²) in [6.07, 6.45) is 16.2. The highest BCUT2D eigenvalue weighted by molar-refractivity contribution is 6.04. The second-order valence-corrected chi connectivity index (χ2v) is 12.2. The molecule has 6 rings (SSSR count). The SMILES string of the molecule is C#C.CC(O)C(C)O.CCC.CCCc1c(Cc2ccc(-c3ccccc3C3=NC(O)ON3)cc2)c(=O)n(C2CCCCC2)c2ncnn12. The molecule has 3 atom stereocenters. The van der Waals surface area contributed by atoms with Crippen molar-refractivity contribution in [2.24, 2.45) is 4.99 Å². The van der Waals surface area contributed by atoms with Gasteiger partial charge >= 0.3 is 0 Å². The number of aliphatic hydroxyl groups is 3. The van der Waals surface area contributed by atoms with Gasteiger partial charge in [-0.1, -0.05) is 101 Å². The summed E-state index contributed by atoms with van der Waals surface area (Å²) in [5, 5.41) is 30.9. The lowest BCUT2D eigenvalue weighted by Gasteiger charge is -2.25. The van der Waals surface area contributed by atoms with Crippen LogP contribution in [-0.4, -0.2) is 58.9 Å². The molecule has 11 nitrogen and oxygen atoms in total. The van der Waals surface area contributed by atoms with E-state index < -0.39 is 18.6 Å². The van der Waals surface area contributed by atoms with Crippen LogP contribution >= 0.6 is 0 Å². The van der Waals surface area contributed by atoms with E-state index in [0.717, 1.165) is 72.0 Å². The zero-order valence-corrected chi connectivity index (χ0v) is 29.4. The Balaban J connectivity index is 0.000000521. The van der Waals surface area contributed by atoms with Crippen molar-refractivity contribution in [2.75, 3.05) is 0 Å². The maximum absolute atomic E-state index is 14.0. The minimum absolute atomic E-state index is 0.0687. The topological polar surface area (TPSA) is 146 Å². The van der Waals surface area contributed by atoms with Gasteiger partial charge in [0.25, 0.3) is 12.0 Å². The van der Waals surface area contributed by atoms with Crippen LogP contribution < -0.4 is 11.0 Å². The standard InChI is InChI=1S/C29H32N6O3.C4H10O2.C3H8.C2H2/c1-2-8-25-24(27(36)34(21-9-4-3-5-10-21)28-30-18-31-35(25)28)17-19-13-15-20(16-14-19)22-11-6-7-12-23(22)26-32-29(37)38-33-26;1-3(5)4(2)6;1-3-2;1-2/h6-7,11-16,18,21,29,37H,2-5,8-10,17H2,1H3,(H,32,33);3-6H,1-2H3;3H2,1-2H3;1-2H. The summed E-state index contributed by atoms with van der Waals surface area (Å²) in [5.74, 6) is 1.16. The number of hydrogen-bond acceptors (Lipinski definition) is 9. The van der Waals surface area contributed by atoms with E-state index in [1.807, 2.05) is 33.3 Å². The Morgan fingerprint density at radius 2 is 1.57 bits per heavy atom. The molecule has 4 aromatic rings. The minimum atomic E-state index is -1.21. The number of aliphatic imine (C=N–C) groups is 1. The molecule has 1 saturated carbocycles. The van der Waals surface area contributed by atoms with Crippen LogP contribution in [0.5, 0.6) is 0 Å². The molecule has 3 unspecified atom stereocenters. The summed E-state index contributed by atoms with van der Waals surface area (Å²) >= 11 is 0. The summed E-state index contributed by atoms with van der Waals surface area (Å²) in [4.78, 5) is 27.6. The van der Waals surface area contributed by atoms with Gasteiger partial charge in [-0.3, -0.25) is 9.36 Å². The van der Waals surface area contributed by atoms with Crippen molar-refractivity contribution in [1.29, 1.82) is 0 Å². The monoisotopic (exact) mass is 672 g/mol. The van der Waals surface area contributed by atoms with E-state index in [-0.39, 0.29) is 11.6 Å². The second kappa shape index (κ2) is 19.6. The number of rotatable bonds is 8. The number of fused-ring (bicyclic) bond motifs is 1. The van der Waals surface area contributed by atoms with Crippen molar-refractivity contribution >= 4 is 11.6 Å². The number of hydroxylamine groups is 1. The molecule has 49 heavy (non-hydrogen) atoms. The first-order chi connectivity index (χ1) is 23.7. The van der Waals surface area contributed by atoms with Crippen molar-refractivity contribution in [2.45, 2.75) is 117 Å². The normalized spacial score (nSPS) is 16.9. The molecule has 0 saturated heterocycles. The molecular formula is C38H52N6O5. The first kappa shape index (κ1) is 39.1. The van der Waals surface area contributed by atoms with Crippen molar-refractivity contribution in [3.8, 4) is 24.0 Å². The quantitative estimate of drug-likeness (QED) is 0.178. The Morgan fingerprint density at radius 1 is 0.959 bits per heavy atom. The molecule has 11 heteroatoms. The highest BCUT2D eigenvalue weighted by Gasteiger charge is 2.25. The summed E-state index contributed by atoms with van der Waals surface area (Å²) in [7, 11) is 0. The van der Waals surface area contributed by atoms with Crippen molar-refractivity contribution in [3.05, 3.63) is 87.6 Å². The lowest BCUT2D eigenvalue weighted by atomic mass is 9.94. The van der Waals surface area contributed by atoms with Crippen LogP contribution in [0.1, 0.15) is 108 Å². The summed E-state index contributed by atoms with van der Waals surface area (Å²) in [6, 6.07) is 16.3. The number of aryl methyl sites for hydroxylation is 1. The Labute approximate surface area is 289 Å². The molecule has 2 aromatic heterocycles. The van der Waals surface area contributed by atoms with E-state index in [2.05, 4.69) is 78.4 Å². The smallest absolute Gasteiger partial charge is 0.280 e. The Hall–Kier alpha value is -4.34. The van der Waals surface area contributed by atoms with Gasteiger partial charge in [0.2, 0.25) is 5.78 Å². The zero-order chi connectivity index (χ0) is 35.9. The van der Waals surface area contributed by atoms with Gasteiger partial charge in [0.05, 0.1) is 17.9 Å². The number of nitrogens with one attached hydrogen (secondary N) is 1. The average Bonchev–Trinajstić information content (AvgIpc) is 3.78. The van der Waals surface area contributed by atoms with Gasteiger partial charge in [-0.15, -0.1) is 12.8 Å². The fraction of sp³-hybridized carbons (Fsp3) is 0.474. The van der Waals surface area contributed by atoms with Crippen LogP contribution in [0, 0.1) is 12.8 Å². The predicted molar refractivity (Wildman–Crippen MR) is 194 cm³/mol. The third kappa shape index (κ3) is 10.1. The number of terminal acetylenes is 1. The molecule has 2 aliphatic rings. The number of benzene rings is 2. The van der Waals surface area contributed by atoms with Crippen LogP contribution in [0.25, 0.3) is 16.9 Å². The van der Waals surface area contributed by atoms with Crippen LogP contribution in [0.3, 0.4) is 0 Å². The Bertz CT molecular complexity index is 1700. The molecule has 0 amide bonds. The molecule has 0 spiro atoms. The van der Waals surface area contributed by atoms with Crippen LogP contribution in [0.2, 0.25) is 0 Å². The zero-order valence-electron chi connectivity index (χ0n) is 29.4. The van der Waals surface area contributed by atoms with Gasteiger partial charge in [0, 0.05) is 23.6 Å². The highest BCUT2D eigenvalue weighted by atomic mass is 16.7. The van der Waals surface area contributed by atoms with Crippen LogP contribution in [0.15, 0.2) is 64.6 Å². The molecule has 0 bridgehead atoms. The molecule has 1 fully saturated rings. The van der Waals surface area contributed by atoms with Gasteiger partial charge in [-0.25, -0.2) is 19.8 Å². The van der Waals surface area contributed by atoms with Gasteiger partial charge in [0.15, 0.2) is 5.84 Å². The fourth-order valence-corrected chi connectivity index (χ4v) is 5.76. The molecule has 2 aromatic carbocycles. The number of nitrogens with zero attached hydrogens (tertiary/aromatic N) is 5. The molecule has 3 heterocycles. The minimum Gasteiger partial charge on any atom is -0.391 e. The van der Waals surface area contributed by atoms with E-state index >= 15 is 0 Å². The maximum Gasteiger partial charge on any atom is 0.280 e. The third-order valence-corrected chi connectivity index (χ3v) is 8.28. The number of aliphatic hydroxyl groups excluding tert-OH is 3. The summed E-state index contributed by atoms with van der Waals surface area (Å²) < 4.78 is 3.81. The van der Waals surface area contributed by atoms with Crippen molar-refractivity contribution in [1.82, 2.24) is 24.6 Å². The molecule has 264 valence electrons. The van der Waals surface area contributed by atoms with Gasteiger partial charge < -0.3 is 15.3 Å². The highest BCUT2D eigenvalue weighted by Crippen LogP contribution is 2.30. The van der Waals surface area contributed by atoms with E-state index in [9.17, 15) is 9.90 Å². The second-order valence-electron chi connectivity index (χ2n) is 12.2. The largest absolute Gasteiger partial charge is 0.391 e. The lowest BCUT2D eigenvalue weighted by molar-refractivity contribution is -0.102. The van der Waals surface area contributed by atoms with E-state index in [1.54, 1.807) is 20.2 Å². The number of aromatic nitrogens is 4. The Morgan fingerprint density at radius 3 is 2.12 bits per heavy atom. The van der Waals surface area contributed by atoms with Crippen molar-refractivity contribution < 1.29 is 20.2 Å². The molecule has 1 aliphatic heterocycles. The van der Waals surface area contributed by atoms with E-state index in [1.165, 1.54) is 12.8 Å². The van der Waals surface area contributed by atoms with Gasteiger partial charge in [-0.05, 0) is 49.8 Å². The first-order valence-corrected chi connectivity index (χ1v) is 17.2. The average molecular weight is 673 g/mol. The van der Waals surface area contributed by atoms with Crippen molar-refractivity contribution in [3.63, 3.8) is 0 Å². The van der Waals surface area contributed by atoms with E-state index in [0.29, 0.717) is 18.0 Å².